The van der Waals surface area contributed by atoms with E-state index in [0.717, 1.165) is 15.7 Å². The van der Waals surface area contributed by atoms with Crippen molar-refractivity contribution in [2.45, 2.75) is 13.5 Å². The number of benzene rings is 2. The molecule has 5 heteroatoms. The summed E-state index contributed by atoms with van der Waals surface area (Å²) in [7, 11) is 1.59. The topological polar surface area (TPSA) is 30.5 Å². The molecule has 0 aliphatic heterocycles. The van der Waals surface area contributed by atoms with Crippen molar-refractivity contribution < 1.29 is 9.47 Å². The number of nitrogens with one attached hydrogen (secondary N) is 1. The molecule has 0 saturated carbocycles. The zero-order valence-electron chi connectivity index (χ0n) is 12.0. The summed E-state index contributed by atoms with van der Waals surface area (Å²) in [6.45, 7) is 3.15. The van der Waals surface area contributed by atoms with E-state index in [1.807, 2.05) is 43.3 Å². The van der Waals surface area contributed by atoms with E-state index in [2.05, 4.69) is 21.2 Å². The fourth-order valence-corrected chi connectivity index (χ4v) is 2.53. The first-order valence-electron chi connectivity index (χ1n) is 6.62. The van der Waals surface area contributed by atoms with Crippen LogP contribution in [-0.2, 0) is 6.54 Å². The van der Waals surface area contributed by atoms with Gasteiger partial charge in [0.2, 0.25) is 0 Å². The first-order valence-corrected chi connectivity index (χ1v) is 7.79. The lowest BCUT2D eigenvalue weighted by Gasteiger charge is -2.14. The summed E-state index contributed by atoms with van der Waals surface area (Å²) in [6.07, 6.45) is 0. The molecule has 2 aromatic rings. The van der Waals surface area contributed by atoms with Crippen LogP contribution in [0.4, 0.5) is 5.69 Å². The standard InChI is InChI=1S/C16H17BrClNO2/c1-3-21-15-9-11(8-14(18)16(15)20-2)10-19-13-6-4-12(17)5-7-13/h4-9,19H,3,10H2,1-2H3. The summed E-state index contributed by atoms with van der Waals surface area (Å²) >= 11 is 9.65. The maximum absolute atomic E-state index is 6.23. The average Bonchev–Trinajstić information content (AvgIpc) is 2.47. The van der Waals surface area contributed by atoms with Crippen LogP contribution in [0, 0.1) is 0 Å². The number of halogens is 2. The van der Waals surface area contributed by atoms with Crippen LogP contribution in [0.5, 0.6) is 11.5 Å². The lowest BCUT2D eigenvalue weighted by molar-refractivity contribution is 0.310. The molecular weight excluding hydrogens is 354 g/mol. The third kappa shape index (κ3) is 4.29. The van der Waals surface area contributed by atoms with Gasteiger partial charge >= 0.3 is 0 Å². The Hall–Kier alpha value is -1.39. The molecule has 0 aliphatic carbocycles. The molecular formula is C16H17BrClNO2. The van der Waals surface area contributed by atoms with E-state index < -0.39 is 0 Å². The molecule has 2 rings (SSSR count). The minimum absolute atomic E-state index is 0.552. The van der Waals surface area contributed by atoms with Crippen molar-refractivity contribution in [3.05, 3.63) is 51.5 Å². The maximum atomic E-state index is 6.23. The Balaban J connectivity index is 2.14. The summed E-state index contributed by atoms with van der Waals surface area (Å²) in [5.74, 6) is 1.24. The number of anilines is 1. The van der Waals surface area contributed by atoms with Crippen LogP contribution in [0.15, 0.2) is 40.9 Å². The minimum atomic E-state index is 0.552. The highest BCUT2D eigenvalue weighted by Gasteiger charge is 2.11. The van der Waals surface area contributed by atoms with Crippen LogP contribution >= 0.6 is 27.5 Å². The van der Waals surface area contributed by atoms with Crippen LogP contribution < -0.4 is 14.8 Å². The minimum Gasteiger partial charge on any atom is -0.491 e. The summed E-state index contributed by atoms with van der Waals surface area (Å²) in [5.41, 5.74) is 2.08. The SMILES string of the molecule is CCOc1cc(CNc2ccc(Br)cc2)cc(Cl)c1OC. The van der Waals surface area contributed by atoms with Crippen LogP contribution in [0.1, 0.15) is 12.5 Å². The van der Waals surface area contributed by atoms with Crippen molar-refractivity contribution in [3.8, 4) is 11.5 Å². The van der Waals surface area contributed by atoms with Crippen molar-refractivity contribution in [2.24, 2.45) is 0 Å². The Kier molecular flexibility index (Phi) is 5.76. The third-order valence-electron chi connectivity index (χ3n) is 2.91. The second-order valence-corrected chi connectivity index (χ2v) is 5.73. The summed E-state index contributed by atoms with van der Waals surface area (Å²) in [4.78, 5) is 0. The molecule has 0 bridgehead atoms. The molecule has 0 amide bonds. The van der Waals surface area contributed by atoms with E-state index in [1.165, 1.54) is 0 Å². The Bertz CT molecular complexity index is 602. The van der Waals surface area contributed by atoms with E-state index >= 15 is 0 Å². The summed E-state index contributed by atoms with van der Waals surface area (Å²) in [5, 5.41) is 3.90. The summed E-state index contributed by atoms with van der Waals surface area (Å²) < 4.78 is 11.9. The Labute approximate surface area is 138 Å². The highest BCUT2D eigenvalue weighted by Crippen LogP contribution is 2.36. The highest BCUT2D eigenvalue weighted by atomic mass is 79.9. The zero-order valence-corrected chi connectivity index (χ0v) is 14.3. The van der Waals surface area contributed by atoms with Gasteiger partial charge in [-0.1, -0.05) is 27.5 Å². The smallest absolute Gasteiger partial charge is 0.179 e. The molecule has 2 aromatic carbocycles. The number of hydrogen-bond donors (Lipinski definition) is 1. The predicted octanol–water partition coefficient (Wildman–Crippen LogP) is 5.12. The van der Waals surface area contributed by atoms with Crippen LogP contribution in [-0.4, -0.2) is 13.7 Å². The molecule has 0 aliphatic rings. The van der Waals surface area contributed by atoms with Gasteiger partial charge in [-0.15, -0.1) is 0 Å². The quantitative estimate of drug-likeness (QED) is 0.765. The van der Waals surface area contributed by atoms with Gasteiger partial charge in [0.05, 0.1) is 18.7 Å². The molecule has 0 radical (unpaired) electrons. The number of rotatable bonds is 6. The summed E-state index contributed by atoms with van der Waals surface area (Å²) in [6, 6.07) is 11.8. The molecule has 0 aromatic heterocycles. The molecule has 112 valence electrons. The lowest BCUT2D eigenvalue weighted by Crippen LogP contribution is -2.02. The average molecular weight is 371 g/mol. The lowest BCUT2D eigenvalue weighted by atomic mass is 10.2. The van der Waals surface area contributed by atoms with Gasteiger partial charge in [0.15, 0.2) is 11.5 Å². The van der Waals surface area contributed by atoms with Crippen molar-refractivity contribution in [1.82, 2.24) is 0 Å². The Morgan fingerprint density at radius 3 is 2.52 bits per heavy atom. The van der Waals surface area contributed by atoms with Gasteiger partial charge in [0.25, 0.3) is 0 Å². The first kappa shape index (κ1) is 16.0. The maximum Gasteiger partial charge on any atom is 0.179 e. The second-order valence-electron chi connectivity index (χ2n) is 4.40. The molecule has 0 atom stereocenters. The van der Waals surface area contributed by atoms with E-state index in [0.29, 0.717) is 29.7 Å². The normalized spacial score (nSPS) is 10.3. The van der Waals surface area contributed by atoms with Gasteiger partial charge in [-0.2, -0.15) is 0 Å². The van der Waals surface area contributed by atoms with Crippen LogP contribution in [0.25, 0.3) is 0 Å². The highest BCUT2D eigenvalue weighted by molar-refractivity contribution is 9.10. The van der Waals surface area contributed by atoms with Gasteiger partial charge in [0.1, 0.15) is 0 Å². The molecule has 0 unspecified atom stereocenters. The molecule has 0 heterocycles. The van der Waals surface area contributed by atoms with E-state index in [4.69, 9.17) is 21.1 Å². The van der Waals surface area contributed by atoms with Crippen molar-refractivity contribution in [2.75, 3.05) is 19.0 Å². The number of methoxy groups -OCH3 is 1. The fourth-order valence-electron chi connectivity index (χ4n) is 1.96. The Morgan fingerprint density at radius 2 is 1.90 bits per heavy atom. The van der Waals surface area contributed by atoms with Crippen molar-refractivity contribution >= 4 is 33.2 Å². The Morgan fingerprint density at radius 1 is 1.19 bits per heavy atom. The predicted molar refractivity (Wildman–Crippen MR) is 90.6 cm³/mol. The van der Waals surface area contributed by atoms with Gasteiger partial charge in [-0.05, 0) is 48.9 Å². The number of hydrogen-bond acceptors (Lipinski definition) is 3. The van der Waals surface area contributed by atoms with E-state index in [1.54, 1.807) is 7.11 Å². The van der Waals surface area contributed by atoms with Gasteiger partial charge < -0.3 is 14.8 Å². The molecule has 1 N–H and O–H groups in total. The van der Waals surface area contributed by atoms with Crippen LogP contribution in [0.2, 0.25) is 5.02 Å². The van der Waals surface area contributed by atoms with Gasteiger partial charge in [-0.3, -0.25) is 0 Å². The van der Waals surface area contributed by atoms with E-state index in [9.17, 15) is 0 Å². The molecule has 0 spiro atoms. The molecule has 21 heavy (non-hydrogen) atoms. The van der Waals surface area contributed by atoms with Crippen molar-refractivity contribution in [1.29, 1.82) is 0 Å². The fraction of sp³-hybridized carbons (Fsp3) is 0.250. The first-order chi connectivity index (χ1) is 10.1. The van der Waals surface area contributed by atoms with Crippen LogP contribution in [0.3, 0.4) is 0 Å². The largest absolute Gasteiger partial charge is 0.491 e. The number of ether oxygens (including phenoxy) is 2. The molecule has 0 fully saturated rings. The zero-order chi connectivity index (χ0) is 15.2. The van der Waals surface area contributed by atoms with Crippen molar-refractivity contribution in [3.63, 3.8) is 0 Å². The van der Waals surface area contributed by atoms with Gasteiger partial charge in [-0.25, -0.2) is 0 Å². The monoisotopic (exact) mass is 369 g/mol. The van der Waals surface area contributed by atoms with E-state index in [-0.39, 0.29) is 0 Å². The second kappa shape index (κ2) is 7.57. The molecule has 3 nitrogen and oxygen atoms in total. The third-order valence-corrected chi connectivity index (χ3v) is 3.72. The molecule has 0 saturated heterocycles. The van der Waals surface area contributed by atoms with Gasteiger partial charge in [0, 0.05) is 16.7 Å².